The molecule has 1 aromatic heterocycles. The summed E-state index contributed by atoms with van der Waals surface area (Å²) in [5.74, 6) is 2.21. The molecule has 1 fully saturated rings. The van der Waals surface area contributed by atoms with Crippen LogP contribution in [0.5, 0.6) is 0 Å². The molecule has 1 aliphatic heterocycles. The second-order valence-electron chi connectivity index (χ2n) is 6.36. The summed E-state index contributed by atoms with van der Waals surface area (Å²) in [6, 6.07) is 4.70. The zero-order valence-electron chi connectivity index (χ0n) is 15.8. The van der Waals surface area contributed by atoms with Crippen LogP contribution in [0.15, 0.2) is 29.4 Å². The van der Waals surface area contributed by atoms with Crippen molar-refractivity contribution in [3.8, 4) is 12.3 Å². The number of morpholine rings is 1. The largest absolute Gasteiger partial charge is 0.445 e. The maximum Gasteiger partial charge on any atom is 0.410 e. The smallest absolute Gasteiger partial charge is 0.410 e. The third-order valence-corrected chi connectivity index (χ3v) is 4.52. The van der Waals surface area contributed by atoms with Gasteiger partial charge in [-0.1, -0.05) is 12.1 Å². The number of hydrogen-bond acceptors (Lipinski definition) is 5. The lowest BCUT2D eigenvalue weighted by Crippen LogP contribution is -2.46. The van der Waals surface area contributed by atoms with Crippen molar-refractivity contribution in [1.82, 2.24) is 14.7 Å². The molecule has 1 aromatic carbocycles. The topological polar surface area (TPSA) is 69.0 Å². The molecule has 0 unspecified atom stereocenters. The normalized spacial score (nSPS) is 16.9. The molecule has 0 aliphatic carbocycles. The van der Waals surface area contributed by atoms with Crippen LogP contribution in [0.25, 0.3) is 0 Å². The Morgan fingerprint density at radius 1 is 1.57 bits per heavy atom. The Hall–Kier alpha value is -3.18. The maximum absolute atomic E-state index is 13.6. The number of carbonyl (C=O) groups excluding carboxylic acids is 1. The van der Waals surface area contributed by atoms with Crippen LogP contribution in [0, 0.1) is 25.1 Å². The van der Waals surface area contributed by atoms with Crippen molar-refractivity contribution in [3.63, 3.8) is 0 Å². The average molecular weight is 384 g/mol. The molecule has 1 atom stereocenters. The molecular formula is C20H21FN4O3. The number of ether oxygens (including phenoxy) is 2. The standard InChI is InChI=1S/C20H21FN4O3/c1-4-19-18(11-23-24(19)3)22-10-16-12-25(8-9-27-16)20(26)28-13-15-6-5-7-17(21)14(15)2/h1,5-7,10-11,16H,8-9,12-13H2,2-3H3/t16-/m1/s1. The number of hydrogen-bond donors (Lipinski definition) is 0. The molecular weight excluding hydrogens is 363 g/mol. The van der Waals surface area contributed by atoms with E-state index in [1.165, 1.54) is 6.07 Å². The van der Waals surface area contributed by atoms with Gasteiger partial charge in [0, 0.05) is 19.8 Å². The number of halogens is 1. The molecule has 146 valence electrons. The minimum Gasteiger partial charge on any atom is -0.445 e. The van der Waals surface area contributed by atoms with Crippen molar-refractivity contribution in [1.29, 1.82) is 0 Å². The van der Waals surface area contributed by atoms with E-state index >= 15 is 0 Å². The summed E-state index contributed by atoms with van der Waals surface area (Å²) in [6.07, 6.45) is 7.77. The van der Waals surface area contributed by atoms with Crippen LogP contribution < -0.4 is 0 Å². The Kier molecular flexibility index (Phi) is 6.06. The van der Waals surface area contributed by atoms with Crippen LogP contribution in [0.4, 0.5) is 14.9 Å². The van der Waals surface area contributed by atoms with Gasteiger partial charge in [-0.25, -0.2) is 9.18 Å². The SMILES string of the molecule is C#Cc1c(N=C[C@@H]2CN(C(=O)OCc3cccc(F)c3C)CCO2)cnn1C. The Balaban J connectivity index is 1.58. The number of amides is 1. The highest BCUT2D eigenvalue weighted by atomic mass is 19.1. The van der Waals surface area contributed by atoms with Gasteiger partial charge in [0.05, 0.1) is 19.3 Å². The molecule has 28 heavy (non-hydrogen) atoms. The maximum atomic E-state index is 13.6. The van der Waals surface area contributed by atoms with E-state index in [2.05, 4.69) is 16.0 Å². The second kappa shape index (κ2) is 8.67. The molecule has 7 nitrogen and oxygen atoms in total. The van der Waals surface area contributed by atoms with Crippen molar-refractivity contribution in [2.75, 3.05) is 19.7 Å². The van der Waals surface area contributed by atoms with Crippen molar-refractivity contribution in [2.24, 2.45) is 12.0 Å². The summed E-state index contributed by atoms with van der Waals surface area (Å²) < 4.78 is 26.1. The Morgan fingerprint density at radius 2 is 2.39 bits per heavy atom. The van der Waals surface area contributed by atoms with Crippen LogP contribution in [-0.2, 0) is 23.1 Å². The molecule has 0 radical (unpaired) electrons. The molecule has 0 N–H and O–H groups in total. The van der Waals surface area contributed by atoms with Gasteiger partial charge in [-0.15, -0.1) is 6.42 Å². The Morgan fingerprint density at radius 3 is 3.18 bits per heavy atom. The lowest BCUT2D eigenvalue weighted by Gasteiger charge is -2.30. The van der Waals surface area contributed by atoms with Crippen LogP contribution >= 0.6 is 0 Å². The molecule has 0 bridgehead atoms. The van der Waals surface area contributed by atoms with Crippen LogP contribution in [0.2, 0.25) is 0 Å². The van der Waals surface area contributed by atoms with Gasteiger partial charge in [-0.05, 0) is 30.0 Å². The Labute approximate surface area is 162 Å². The highest BCUT2D eigenvalue weighted by Crippen LogP contribution is 2.17. The number of aromatic nitrogens is 2. The van der Waals surface area contributed by atoms with Crippen molar-refractivity contribution < 1.29 is 18.7 Å². The monoisotopic (exact) mass is 384 g/mol. The van der Waals surface area contributed by atoms with Gasteiger partial charge < -0.3 is 14.4 Å². The minimum absolute atomic E-state index is 0.0136. The molecule has 1 amide bonds. The van der Waals surface area contributed by atoms with Crippen LogP contribution in [0.3, 0.4) is 0 Å². The van der Waals surface area contributed by atoms with Crippen molar-refractivity contribution >= 4 is 18.0 Å². The zero-order chi connectivity index (χ0) is 20.1. The van der Waals surface area contributed by atoms with Gasteiger partial charge in [-0.2, -0.15) is 5.10 Å². The third-order valence-electron chi connectivity index (χ3n) is 4.52. The van der Waals surface area contributed by atoms with Crippen LogP contribution in [0.1, 0.15) is 16.8 Å². The van der Waals surface area contributed by atoms with E-state index in [1.54, 1.807) is 48.1 Å². The van der Waals surface area contributed by atoms with Gasteiger partial charge in [0.15, 0.2) is 0 Å². The van der Waals surface area contributed by atoms with Crippen molar-refractivity contribution in [2.45, 2.75) is 19.6 Å². The molecule has 8 heteroatoms. The molecule has 2 heterocycles. The van der Waals surface area contributed by atoms with Crippen LogP contribution in [-0.4, -0.2) is 52.8 Å². The predicted molar refractivity (Wildman–Crippen MR) is 102 cm³/mol. The molecule has 3 rings (SSSR count). The minimum atomic E-state index is -0.476. The molecule has 0 saturated carbocycles. The van der Waals surface area contributed by atoms with E-state index in [9.17, 15) is 9.18 Å². The fraction of sp³-hybridized carbons (Fsp3) is 0.350. The molecule has 1 aliphatic rings. The third kappa shape index (κ3) is 4.38. The lowest BCUT2D eigenvalue weighted by molar-refractivity contribution is 0.00326. The molecule has 0 spiro atoms. The second-order valence-corrected chi connectivity index (χ2v) is 6.36. The highest BCUT2D eigenvalue weighted by Gasteiger charge is 2.24. The van der Waals surface area contributed by atoms with E-state index in [4.69, 9.17) is 15.9 Å². The summed E-state index contributed by atoms with van der Waals surface area (Å²) in [5, 5.41) is 4.07. The summed E-state index contributed by atoms with van der Waals surface area (Å²) in [6.45, 7) is 2.74. The average Bonchev–Trinajstić information content (AvgIpc) is 3.07. The van der Waals surface area contributed by atoms with Gasteiger partial charge in [-0.3, -0.25) is 9.67 Å². The molecule has 2 aromatic rings. The number of carbonyl (C=O) groups is 1. The number of aryl methyl sites for hydroxylation is 1. The first-order chi connectivity index (χ1) is 13.5. The fourth-order valence-electron chi connectivity index (χ4n) is 2.82. The first-order valence-electron chi connectivity index (χ1n) is 8.79. The Bertz CT molecular complexity index is 932. The number of nitrogens with zero attached hydrogens (tertiary/aromatic N) is 4. The lowest BCUT2D eigenvalue weighted by atomic mass is 10.1. The van der Waals surface area contributed by atoms with E-state index in [1.807, 2.05) is 0 Å². The first-order valence-corrected chi connectivity index (χ1v) is 8.79. The van der Waals surface area contributed by atoms with Crippen molar-refractivity contribution in [3.05, 3.63) is 47.0 Å². The first kappa shape index (κ1) is 19.6. The number of terminal acetylenes is 1. The zero-order valence-corrected chi connectivity index (χ0v) is 15.8. The molecule has 1 saturated heterocycles. The number of aliphatic imine (C=N–C) groups is 1. The summed E-state index contributed by atoms with van der Waals surface area (Å²) in [5.41, 5.74) is 2.24. The van der Waals surface area contributed by atoms with E-state index in [0.717, 1.165) is 0 Å². The predicted octanol–water partition coefficient (Wildman–Crippen LogP) is 2.59. The quantitative estimate of drug-likeness (QED) is 0.600. The summed E-state index contributed by atoms with van der Waals surface area (Å²) in [7, 11) is 1.74. The van der Waals surface area contributed by atoms with Gasteiger partial charge in [0.25, 0.3) is 0 Å². The van der Waals surface area contributed by atoms with E-state index < -0.39 is 6.09 Å². The highest BCUT2D eigenvalue weighted by molar-refractivity contribution is 5.72. The van der Waals surface area contributed by atoms with E-state index in [0.29, 0.717) is 42.2 Å². The number of benzene rings is 1. The van der Waals surface area contributed by atoms with Gasteiger partial charge in [0.2, 0.25) is 0 Å². The van der Waals surface area contributed by atoms with Gasteiger partial charge >= 0.3 is 6.09 Å². The summed E-state index contributed by atoms with van der Waals surface area (Å²) in [4.78, 5) is 18.2. The number of rotatable bonds is 4. The van der Waals surface area contributed by atoms with Gasteiger partial charge in [0.1, 0.15) is 29.9 Å². The summed E-state index contributed by atoms with van der Waals surface area (Å²) >= 11 is 0. The van der Waals surface area contributed by atoms with E-state index in [-0.39, 0.29) is 18.5 Å². The fourth-order valence-corrected chi connectivity index (χ4v) is 2.82.